The van der Waals surface area contributed by atoms with Gasteiger partial charge in [-0.25, -0.2) is 14.8 Å². The molecule has 3 aromatic rings. The Hall–Kier alpha value is -5.30. The van der Waals surface area contributed by atoms with Gasteiger partial charge in [0.25, 0.3) is 5.91 Å². The van der Waals surface area contributed by atoms with Gasteiger partial charge in [0.1, 0.15) is 17.6 Å². The maximum absolute atomic E-state index is 13.5. The van der Waals surface area contributed by atoms with Crippen LogP contribution in [0.3, 0.4) is 0 Å². The van der Waals surface area contributed by atoms with Crippen molar-refractivity contribution in [1.29, 1.82) is 0 Å². The van der Waals surface area contributed by atoms with E-state index in [-0.39, 0.29) is 51.3 Å². The van der Waals surface area contributed by atoms with E-state index < -0.39 is 45.5 Å². The summed E-state index contributed by atoms with van der Waals surface area (Å²) in [6.45, 7) is 3.55. The number of aromatic nitrogens is 2. The summed E-state index contributed by atoms with van der Waals surface area (Å²) < 4.78 is 62.6. The lowest BCUT2D eigenvalue weighted by Crippen LogP contribution is -2.56. The van der Waals surface area contributed by atoms with Crippen LogP contribution in [0.25, 0.3) is 11.4 Å². The van der Waals surface area contributed by atoms with Gasteiger partial charge in [0.15, 0.2) is 5.82 Å². The number of hydrogen-bond acceptors (Lipinski definition) is 10. The number of alkyl halides is 3. The smallest absolute Gasteiger partial charge is 0.481 e. The van der Waals surface area contributed by atoms with Crippen LogP contribution in [0.5, 0.6) is 0 Å². The first-order chi connectivity index (χ1) is 24.1. The summed E-state index contributed by atoms with van der Waals surface area (Å²) in [5.74, 6) is -1.36. The molecule has 3 amide bonds. The zero-order valence-corrected chi connectivity index (χ0v) is 28.2. The monoisotopic (exact) mass is 738 g/mol. The summed E-state index contributed by atoms with van der Waals surface area (Å²) in [7, 11) is -5.84. The summed E-state index contributed by atoms with van der Waals surface area (Å²) in [5.41, 5.74) is -3.64. The van der Waals surface area contributed by atoms with Crippen LogP contribution in [-0.2, 0) is 30.9 Å². The van der Waals surface area contributed by atoms with Gasteiger partial charge in [-0.1, -0.05) is 60.7 Å². The molecule has 0 spiro atoms. The van der Waals surface area contributed by atoms with Crippen molar-refractivity contribution >= 4 is 39.8 Å². The van der Waals surface area contributed by atoms with Crippen LogP contribution in [-0.4, -0.2) is 113 Å². The summed E-state index contributed by atoms with van der Waals surface area (Å²) in [6.07, 6.45) is -0.124. The fourth-order valence-electron chi connectivity index (χ4n) is 4.65. The molecule has 0 saturated carbocycles. The molecule has 1 saturated heterocycles. The molecule has 2 aromatic carbocycles. The molecule has 0 bridgehead atoms. The first kappa shape index (κ1) is 40.1. The van der Waals surface area contributed by atoms with E-state index in [1.807, 2.05) is 60.7 Å². The molecule has 1 aliphatic heterocycles. The van der Waals surface area contributed by atoms with Gasteiger partial charge < -0.3 is 30.3 Å². The van der Waals surface area contributed by atoms with Gasteiger partial charge in [-0.3, -0.25) is 18.9 Å². The minimum atomic E-state index is -5.84. The highest BCUT2D eigenvalue weighted by molar-refractivity contribution is 7.86. The zero-order valence-electron chi connectivity index (χ0n) is 27.4. The number of nitrogens with one attached hydrogen (secondary N) is 2. The van der Waals surface area contributed by atoms with Crippen molar-refractivity contribution in [2.45, 2.75) is 37.7 Å². The van der Waals surface area contributed by atoms with Crippen LogP contribution in [0, 0.1) is 0 Å². The van der Waals surface area contributed by atoms with E-state index in [0.29, 0.717) is 23.8 Å². The number of amides is 3. The molecule has 4 rings (SSSR count). The molecule has 0 radical (unpaired) electrons. The van der Waals surface area contributed by atoms with Crippen LogP contribution < -0.4 is 10.6 Å². The summed E-state index contributed by atoms with van der Waals surface area (Å²) in [5, 5.41) is 15.3. The van der Waals surface area contributed by atoms with Gasteiger partial charge in [-0.05, 0) is 25.3 Å². The molecular weight excluding hydrogens is 701 g/mol. The number of carbonyl (C=O) groups is 4. The van der Waals surface area contributed by atoms with E-state index >= 15 is 0 Å². The van der Waals surface area contributed by atoms with Crippen LogP contribution in [0.15, 0.2) is 66.7 Å². The number of carbonyl (C=O) groups excluding carboxylic acids is 3. The van der Waals surface area contributed by atoms with E-state index in [1.54, 1.807) is 6.92 Å². The zero-order chi connectivity index (χ0) is 37.6. The van der Waals surface area contributed by atoms with Crippen molar-refractivity contribution in [3.63, 3.8) is 0 Å². The third kappa shape index (κ3) is 12.8. The number of hydrogen-bond donors (Lipinski definition) is 4. The molecule has 1 atom stereocenters. The van der Waals surface area contributed by atoms with E-state index in [4.69, 9.17) is 17.7 Å². The van der Waals surface area contributed by atoms with E-state index in [1.165, 1.54) is 15.9 Å². The molecule has 1 aliphatic rings. The van der Waals surface area contributed by atoms with Gasteiger partial charge in [0.05, 0.1) is 6.61 Å². The molecule has 2 heterocycles. The molecule has 1 aromatic heterocycles. The fourth-order valence-corrected chi connectivity index (χ4v) is 4.65. The van der Waals surface area contributed by atoms with Gasteiger partial charge in [0, 0.05) is 50.8 Å². The number of benzene rings is 2. The van der Waals surface area contributed by atoms with Crippen molar-refractivity contribution in [2.24, 2.45) is 0 Å². The van der Waals surface area contributed by atoms with Crippen molar-refractivity contribution in [2.75, 3.05) is 44.6 Å². The third-order valence-corrected chi connectivity index (χ3v) is 7.80. The molecular formula is C32H37F3N6O9S. The van der Waals surface area contributed by atoms with Crippen molar-refractivity contribution in [3.8, 4) is 11.4 Å². The number of anilines is 1. The average Bonchev–Trinajstić information content (AvgIpc) is 3.10. The van der Waals surface area contributed by atoms with Crippen LogP contribution in [0.1, 0.15) is 35.8 Å². The van der Waals surface area contributed by atoms with Gasteiger partial charge in [0.2, 0.25) is 5.91 Å². The molecule has 0 aliphatic carbocycles. The van der Waals surface area contributed by atoms with E-state index in [9.17, 15) is 37.5 Å². The maximum Gasteiger partial charge on any atom is 0.522 e. The lowest BCUT2D eigenvalue weighted by Gasteiger charge is -2.35. The van der Waals surface area contributed by atoms with Gasteiger partial charge >= 0.3 is 27.7 Å². The second-order valence-corrected chi connectivity index (χ2v) is 12.3. The number of halogens is 3. The Bertz CT molecular complexity index is 1740. The number of nitrogens with zero attached hydrogens (tertiary/aromatic N) is 4. The lowest BCUT2D eigenvalue weighted by atomic mass is 10.1. The molecule has 276 valence electrons. The molecule has 19 heteroatoms. The Balaban J connectivity index is 0.000000783. The summed E-state index contributed by atoms with van der Waals surface area (Å²) in [4.78, 5) is 62.5. The minimum Gasteiger partial charge on any atom is -0.481 e. The topological polar surface area (TPSA) is 208 Å². The largest absolute Gasteiger partial charge is 0.522 e. The second-order valence-electron chi connectivity index (χ2n) is 10.9. The Morgan fingerprint density at radius 2 is 1.51 bits per heavy atom. The number of ether oxygens (including phenoxy) is 1. The number of aliphatic carboxylic acids is 1. The first-order valence-electron chi connectivity index (χ1n) is 15.6. The SMILES string of the molecule is CCOC(=O)N1CCN(C(=O)C(CCC(=O)O)NC(=O)c2cc(NCCc3ccccc3)nc(-c3ccccc3)n2)CC1.O=S(=O)(O)C(F)(F)F. The van der Waals surface area contributed by atoms with E-state index in [2.05, 4.69) is 20.6 Å². The number of piperazine rings is 1. The standard InChI is InChI=1S/C31H36N6O6.CHF3O3S/c1-2-43-31(42)37-19-17-36(18-20-37)30(41)24(13-14-27(38)39)34-29(40)25-21-26(32-16-15-22-9-5-3-6-10-22)35-28(33-25)23-11-7-4-8-12-23;2-1(3,4)8(5,6)7/h3-12,21,24H,2,13-20H2,1H3,(H,34,40)(H,38,39)(H,32,33,35);(H,5,6,7). The number of carboxylic acid groups (broad SMARTS) is 1. The fraction of sp³-hybridized carbons (Fsp3) is 0.375. The average molecular weight is 739 g/mol. The molecule has 51 heavy (non-hydrogen) atoms. The van der Waals surface area contributed by atoms with Crippen LogP contribution in [0.4, 0.5) is 23.8 Å². The number of carboxylic acids is 1. The Morgan fingerprint density at radius 3 is 2.06 bits per heavy atom. The van der Waals surface area contributed by atoms with Crippen molar-refractivity contribution < 1.29 is 55.2 Å². The third-order valence-electron chi connectivity index (χ3n) is 7.21. The van der Waals surface area contributed by atoms with E-state index in [0.717, 1.165) is 12.0 Å². The summed E-state index contributed by atoms with van der Waals surface area (Å²) in [6, 6.07) is 19.6. The predicted octanol–water partition coefficient (Wildman–Crippen LogP) is 3.46. The highest BCUT2D eigenvalue weighted by atomic mass is 32.2. The van der Waals surface area contributed by atoms with Crippen molar-refractivity contribution in [3.05, 3.63) is 78.0 Å². The maximum atomic E-state index is 13.5. The Morgan fingerprint density at radius 1 is 0.941 bits per heavy atom. The highest BCUT2D eigenvalue weighted by Crippen LogP contribution is 2.21. The predicted molar refractivity (Wildman–Crippen MR) is 177 cm³/mol. The Kier molecular flexibility index (Phi) is 14.7. The van der Waals surface area contributed by atoms with Crippen molar-refractivity contribution in [1.82, 2.24) is 25.1 Å². The summed E-state index contributed by atoms with van der Waals surface area (Å²) >= 11 is 0. The Labute approximate surface area is 291 Å². The van der Waals surface area contributed by atoms with Gasteiger partial charge in [-0.2, -0.15) is 21.6 Å². The second kappa shape index (κ2) is 18.6. The minimum absolute atomic E-state index is 0.0383. The number of rotatable bonds is 12. The van der Waals surface area contributed by atoms with Crippen LogP contribution in [0.2, 0.25) is 0 Å². The molecule has 4 N–H and O–H groups in total. The molecule has 1 unspecified atom stereocenters. The lowest BCUT2D eigenvalue weighted by molar-refractivity contribution is -0.138. The van der Waals surface area contributed by atoms with Crippen LogP contribution >= 0.6 is 0 Å². The normalized spacial score (nSPS) is 13.7. The molecule has 1 fully saturated rings. The highest BCUT2D eigenvalue weighted by Gasteiger charge is 2.44. The van der Waals surface area contributed by atoms with Gasteiger partial charge in [-0.15, -0.1) is 0 Å². The first-order valence-corrected chi connectivity index (χ1v) is 17.0. The molecule has 15 nitrogen and oxygen atoms in total. The quantitative estimate of drug-likeness (QED) is 0.156.